The zero-order chi connectivity index (χ0) is 14.2. The Kier molecular flexibility index (Phi) is 3.86. The molecule has 19 heavy (non-hydrogen) atoms. The number of carbonyl (C=O) groups excluding carboxylic acids is 1. The van der Waals surface area contributed by atoms with Gasteiger partial charge in [-0.25, -0.2) is 0 Å². The number of halogens is 2. The maximum absolute atomic E-state index is 11.1. The zero-order valence-corrected chi connectivity index (χ0v) is 12.8. The summed E-state index contributed by atoms with van der Waals surface area (Å²) in [7, 11) is 0. The van der Waals surface area contributed by atoms with Crippen LogP contribution in [0.25, 0.3) is 11.3 Å². The number of rotatable bonds is 3. The van der Waals surface area contributed by atoms with Gasteiger partial charge >= 0.3 is 0 Å². The van der Waals surface area contributed by atoms with Crippen molar-refractivity contribution in [3.05, 3.63) is 48.6 Å². The van der Waals surface area contributed by atoms with Crippen LogP contribution in [0, 0.1) is 17.0 Å². The van der Waals surface area contributed by atoms with Crippen LogP contribution in [0.15, 0.2) is 31.6 Å². The molecule has 2 aromatic rings. The number of benzene rings is 1. The van der Waals surface area contributed by atoms with Crippen molar-refractivity contribution in [2.45, 2.75) is 6.92 Å². The summed E-state index contributed by atoms with van der Waals surface area (Å²) in [6, 6.07) is 4.74. The standard InChI is InChI=1S/C12H7Br2NO4/c1-6-4-8(13)10(11(14)12(6)15(17)18)9-3-2-7(5-16)19-9/h2-5H,1H3. The molecule has 1 aromatic carbocycles. The molecule has 0 aliphatic carbocycles. The summed E-state index contributed by atoms with van der Waals surface area (Å²) in [5.74, 6) is 0.543. The largest absolute Gasteiger partial charge is 0.453 e. The molecule has 0 N–H and O–H groups in total. The van der Waals surface area contributed by atoms with E-state index in [0.717, 1.165) is 0 Å². The molecule has 0 bridgehead atoms. The van der Waals surface area contributed by atoms with Crippen LogP contribution in [0.5, 0.6) is 0 Å². The van der Waals surface area contributed by atoms with Crippen molar-refractivity contribution in [1.82, 2.24) is 0 Å². The average molecular weight is 389 g/mol. The fourth-order valence-electron chi connectivity index (χ4n) is 1.73. The molecule has 0 amide bonds. The third kappa shape index (κ3) is 2.48. The molecule has 0 unspecified atom stereocenters. The number of nitro benzene ring substituents is 1. The first-order valence-corrected chi connectivity index (χ1v) is 6.72. The van der Waals surface area contributed by atoms with Gasteiger partial charge in [0.25, 0.3) is 5.69 Å². The highest BCUT2D eigenvalue weighted by Crippen LogP contribution is 2.43. The highest BCUT2D eigenvalue weighted by Gasteiger charge is 2.24. The number of aryl methyl sites for hydroxylation is 1. The number of hydrogen-bond acceptors (Lipinski definition) is 4. The molecule has 0 aliphatic rings. The van der Waals surface area contributed by atoms with Gasteiger partial charge in [-0.3, -0.25) is 14.9 Å². The topological polar surface area (TPSA) is 73.3 Å². The van der Waals surface area contributed by atoms with Crippen molar-refractivity contribution in [1.29, 1.82) is 0 Å². The Balaban J connectivity index is 2.72. The van der Waals surface area contributed by atoms with Crippen molar-refractivity contribution in [3.63, 3.8) is 0 Å². The molecular weight excluding hydrogens is 382 g/mol. The Morgan fingerprint density at radius 1 is 1.37 bits per heavy atom. The lowest BCUT2D eigenvalue weighted by Gasteiger charge is -2.07. The van der Waals surface area contributed by atoms with E-state index in [0.29, 0.717) is 32.1 Å². The summed E-state index contributed by atoms with van der Waals surface area (Å²) in [6.45, 7) is 1.65. The maximum Gasteiger partial charge on any atom is 0.287 e. The Morgan fingerprint density at radius 2 is 2.05 bits per heavy atom. The van der Waals surface area contributed by atoms with Gasteiger partial charge in [0, 0.05) is 10.0 Å². The predicted octanol–water partition coefficient (Wildman–Crippen LogP) is 4.50. The van der Waals surface area contributed by atoms with Gasteiger partial charge in [-0.1, -0.05) is 0 Å². The highest BCUT2D eigenvalue weighted by molar-refractivity contribution is 9.11. The van der Waals surface area contributed by atoms with Crippen molar-refractivity contribution in [3.8, 4) is 11.3 Å². The van der Waals surface area contributed by atoms with Crippen molar-refractivity contribution in [2.24, 2.45) is 0 Å². The van der Waals surface area contributed by atoms with E-state index in [1.807, 2.05) is 0 Å². The van der Waals surface area contributed by atoms with Crippen LogP contribution >= 0.6 is 31.9 Å². The van der Waals surface area contributed by atoms with Gasteiger partial charge in [-0.15, -0.1) is 0 Å². The summed E-state index contributed by atoms with van der Waals surface area (Å²) in [4.78, 5) is 21.2. The molecule has 1 aromatic heterocycles. The van der Waals surface area contributed by atoms with E-state index in [2.05, 4.69) is 31.9 Å². The molecule has 0 aliphatic heterocycles. The summed E-state index contributed by atoms with van der Waals surface area (Å²) in [5, 5.41) is 11.1. The molecule has 98 valence electrons. The van der Waals surface area contributed by atoms with Crippen LogP contribution in [-0.4, -0.2) is 11.2 Å². The Hall–Kier alpha value is -1.47. The number of aldehydes is 1. The van der Waals surface area contributed by atoms with E-state index < -0.39 is 4.92 Å². The van der Waals surface area contributed by atoms with Crippen LogP contribution < -0.4 is 0 Å². The fourth-order valence-corrected chi connectivity index (χ4v) is 3.60. The van der Waals surface area contributed by atoms with E-state index in [1.165, 1.54) is 6.07 Å². The second-order valence-electron chi connectivity index (χ2n) is 3.79. The maximum atomic E-state index is 11.1. The molecule has 1 heterocycles. The number of furan rings is 1. The number of nitro groups is 1. The highest BCUT2D eigenvalue weighted by atomic mass is 79.9. The molecular formula is C12H7Br2NO4. The van der Waals surface area contributed by atoms with Crippen molar-refractivity contribution < 1.29 is 14.1 Å². The molecule has 0 radical (unpaired) electrons. The van der Waals surface area contributed by atoms with Gasteiger partial charge in [-0.05, 0) is 57.0 Å². The zero-order valence-electron chi connectivity index (χ0n) is 9.65. The SMILES string of the molecule is Cc1cc(Br)c(-c2ccc(C=O)o2)c(Br)c1[N+](=O)[O-]. The van der Waals surface area contributed by atoms with Crippen LogP contribution in [-0.2, 0) is 0 Å². The summed E-state index contributed by atoms with van der Waals surface area (Å²) in [6.07, 6.45) is 0.577. The Morgan fingerprint density at radius 3 is 2.58 bits per heavy atom. The van der Waals surface area contributed by atoms with Crippen LogP contribution in [0.3, 0.4) is 0 Å². The van der Waals surface area contributed by atoms with Crippen LogP contribution in [0.4, 0.5) is 5.69 Å². The van der Waals surface area contributed by atoms with Crippen LogP contribution in [0.1, 0.15) is 16.1 Å². The molecule has 5 nitrogen and oxygen atoms in total. The third-order valence-corrected chi connectivity index (χ3v) is 3.95. The quantitative estimate of drug-likeness (QED) is 0.440. The fraction of sp³-hybridized carbons (Fsp3) is 0.0833. The minimum Gasteiger partial charge on any atom is -0.453 e. The van der Waals surface area contributed by atoms with Gasteiger partial charge in [0.05, 0.1) is 10.5 Å². The predicted molar refractivity (Wildman–Crippen MR) is 76.3 cm³/mol. The lowest BCUT2D eigenvalue weighted by Crippen LogP contribution is -1.95. The van der Waals surface area contributed by atoms with Gasteiger partial charge in [0.1, 0.15) is 10.2 Å². The van der Waals surface area contributed by atoms with E-state index in [4.69, 9.17) is 4.42 Å². The Bertz CT molecular complexity index is 679. The first-order valence-electron chi connectivity index (χ1n) is 5.14. The van der Waals surface area contributed by atoms with E-state index in [1.54, 1.807) is 19.1 Å². The second-order valence-corrected chi connectivity index (χ2v) is 5.44. The minimum absolute atomic E-state index is 0.0257. The summed E-state index contributed by atoms with van der Waals surface area (Å²) < 4.78 is 6.27. The lowest BCUT2D eigenvalue weighted by molar-refractivity contribution is -0.386. The normalized spacial score (nSPS) is 10.5. The molecule has 0 spiro atoms. The van der Waals surface area contributed by atoms with Gasteiger partial charge < -0.3 is 4.42 Å². The molecule has 0 saturated carbocycles. The van der Waals surface area contributed by atoms with Crippen LogP contribution in [0.2, 0.25) is 0 Å². The average Bonchev–Trinajstić information content (AvgIpc) is 2.76. The number of nitrogens with zero attached hydrogens (tertiary/aromatic N) is 1. The first kappa shape index (κ1) is 14.0. The first-order chi connectivity index (χ1) is 8.95. The molecule has 0 atom stereocenters. The minimum atomic E-state index is -0.459. The summed E-state index contributed by atoms with van der Waals surface area (Å²) in [5.41, 5.74) is 1.00. The van der Waals surface area contributed by atoms with E-state index in [9.17, 15) is 14.9 Å². The third-order valence-electron chi connectivity index (χ3n) is 2.55. The molecule has 0 fully saturated rings. The lowest BCUT2D eigenvalue weighted by atomic mass is 10.1. The molecule has 7 heteroatoms. The monoisotopic (exact) mass is 387 g/mol. The van der Waals surface area contributed by atoms with E-state index in [-0.39, 0.29) is 11.4 Å². The van der Waals surface area contributed by atoms with Crippen molar-refractivity contribution in [2.75, 3.05) is 0 Å². The van der Waals surface area contributed by atoms with Crippen molar-refractivity contribution >= 4 is 43.8 Å². The number of hydrogen-bond donors (Lipinski definition) is 0. The smallest absolute Gasteiger partial charge is 0.287 e. The second kappa shape index (κ2) is 5.26. The van der Waals surface area contributed by atoms with Gasteiger partial charge in [-0.2, -0.15) is 0 Å². The number of carbonyl (C=O) groups is 1. The van der Waals surface area contributed by atoms with Gasteiger partial charge in [0.2, 0.25) is 0 Å². The van der Waals surface area contributed by atoms with Gasteiger partial charge in [0.15, 0.2) is 12.0 Å². The Labute approximate surface area is 125 Å². The molecule has 0 saturated heterocycles. The molecule has 2 rings (SSSR count). The summed E-state index contributed by atoms with van der Waals surface area (Å²) >= 11 is 6.58. The van der Waals surface area contributed by atoms with E-state index >= 15 is 0 Å².